The molecule has 2 rings (SSSR count). The molecule has 0 aromatic heterocycles. The molecule has 2 N–H and O–H groups in total. The molecule has 5 heteroatoms. The number of hydrogen-bond donors (Lipinski definition) is 2. The maximum Gasteiger partial charge on any atom is 0.307 e. The zero-order chi connectivity index (χ0) is 15.9. The molecule has 0 saturated heterocycles. The molecule has 0 aliphatic heterocycles. The first kappa shape index (κ1) is 16.3. The predicted octanol–water partition coefficient (Wildman–Crippen LogP) is 3.30. The van der Waals surface area contributed by atoms with Crippen molar-refractivity contribution >= 4 is 17.6 Å². The Labute approximate surface area is 130 Å². The summed E-state index contributed by atoms with van der Waals surface area (Å²) >= 11 is 0. The third-order valence-electron chi connectivity index (χ3n) is 3.99. The number of carboxylic acids is 1. The van der Waals surface area contributed by atoms with Gasteiger partial charge in [-0.15, -0.1) is 0 Å². The van der Waals surface area contributed by atoms with Gasteiger partial charge in [0, 0.05) is 11.8 Å². The van der Waals surface area contributed by atoms with Crippen LogP contribution >= 0.6 is 0 Å². The van der Waals surface area contributed by atoms with E-state index in [-0.39, 0.29) is 5.91 Å². The van der Waals surface area contributed by atoms with Gasteiger partial charge in [-0.05, 0) is 31.4 Å². The van der Waals surface area contributed by atoms with E-state index in [0.717, 1.165) is 19.3 Å². The fraction of sp³-hybridized carbons (Fsp3) is 0.529. The smallest absolute Gasteiger partial charge is 0.307 e. The molecule has 0 bridgehead atoms. The summed E-state index contributed by atoms with van der Waals surface area (Å²) in [7, 11) is 0. The van der Waals surface area contributed by atoms with Crippen molar-refractivity contribution < 1.29 is 19.4 Å². The van der Waals surface area contributed by atoms with E-state index in [1.165, 1.54) is 0 Å². The number of nitrogens with one attached hydrogen (secondary N) is 1. The molecule has 1 aromatic carbocycles. The lowest BCUT2D eigenvalue weighted by atomic mass is 9.78. The lowest BCUT2D eigenvalue weighted by Gasteiger charge is -2.27. The van der Waals surface area contributed by atoms with Crippen LogP contribution in [0.15, 0.2) is 24.3 Å². The van der Waals surface area contributed by atoms with Gasteiger partial charge < -0.3 is 15.2 Å². The summed E-state index contributed by atoms with van der Waals surface area (Å²) < 4.78 is 5.54. The third-order valence-corrected chi connectivity index (χ3v) is 3.99. The highest BCUT2D eigenvalue weighted by molar-refractivity contribution is 5.95. The van der Waals surface area contributed by atoms with Crippen molar-refractivity contribution in [1.82, 2.24) is 0 Å². The van der Waals surface area contributed by atoms with Crippen molar-refractivity contribution in [2.45, 2.75) is 39.0 Å². The quantitative estimate of drug-likeness (QED) is 0.845. The number of anilines is 1. The zero-order valence-corrected chi connectivity index (χ0v) is 12.9. The van der Waals surface area contributed by atoms with E-state index in [9.17, 15) is 14.7 Å². The molecule has 0 unspecified atom stereocenters. The summed E-state index contributed by atoms with van der Waals surface area (Å²) in [6, 6.07) is 7.21. The molecule has 22 heavy (non-hydrogen) atoms. The van der Waals surface area contributed by atoms with E-state index < -0.39 is 17.8 Å². The lowest BCUT2D eigenvalue weighted by molar-refractivity contribution is -0.147. The maximum atomic E-state index is 12.4. The van der Waals surface area contributed by atoms with Gasteiger partial charge in [-0.3, -0.25) is 9.59 Å². The van der Waals surface area contributed by atoms with Gasteiger partial charge in [0.15, 0.2) is 0 Å². The first-order valence-electron chi connectivity index (χ1n) is 7.88. The van der Waals surface area contributed by atoms with Gasteiger partial charge in [0.2, 0.25) is 5.91 Å². The van der Waals surface area contributed by atoms with Gasteiger partial charge in [-0.1, -0.05) is 25.8 Å². The average Bonchev–Trinajstić information content (AvgIpc) is 2.53. The highest BCUT2D eigenvalue weighted by atomic mass is 16.5. The molecule has 1 aromatic rings. The summed E-state index contributed by atoms with van der Waals surface area (Å²) in [6.07, 6.45) is 3.91. The predicted molar refractivity (Wildman–Crippen MR) is 83.9 cm³/mol. The van der Waals surface area contributed by atoms with Crippen LogP contribution in [0, 0.1) is 11.8 Å². The van der Waals surface area contributed by atoms with Crippen LogP contribution in [0.3, 0.4) is 0 Å². The summed E-state index contributed by atoms with van der Waals surface area (Å²) in [6.45, 7) is 2.65. The zero-order valence-electron chi connectivity index (χ0n) is 12.9. The fourth-order valence-electron chi connectivity index (χ4n) is 2.86. The average molecular weight is 305 g/mol. The molecule has 0 spiro atoms. The second-order valence-corrected chi connectivity index (χ2v) is 5.70. The van der Waals surface area contributed by atoms with Crippen LogP contribution in [0.5, 0.6) is 5.75 Å². The SMILES string of the molecule is CCCOc1cccc(NC(=O)[C@H]2CCCC[C@H]2C(=O)O)c1. The Morgan fingerprint density at radius 1 is 1.27 bits per heavy atom. The van der Waals surface area contributed by atoms with Crippen molar-refractivity contribution in [3.8, 4) is 5.75 Å². The van der Waals surface area contributed by atoms with Gasteiger partial charge in [0.25, 0.3) is 0 Å². The van der Waals surface area contributed by atoms with Crippen molar-refractivity contribution in [3.05, 3.63) is 24.3 Å². The normalized spacial score (nSPS) is 21.1. The number of carboxylic acid groups (broad SMARTS) is 1. The summed E-state index contributed by atoms with van der Waals surface area (Å²) in [5.41, 5.74) is 0.647. The fourth-order valence-corrected chi connectivity index (χ4v) is 2.86. The summed E-state index contributed by atoms with van der Waals surface area (Å²) in [4.78, 5) is 23.7. The Balaban J connectivity index is 2.02. The highest BCUT2D eigenvalue weighted by Crippen LogP contribution is 2.31. The molecule has 1 saturated carbocycles. The van der Waals surface area contributed by atoms with Crippen LogP contribution in [-0.2, 0) is 9.59 Å². The first-order valence-corrected chi connectivity index (χ1v) is 7.88. The second-order valence-electron chi connectivity index (χ2n) is 5.70. The largest absolute Gasteiger partial charge is 0.494 e. The van der Waals surface area contributed by atoms with Gasteiger partial charge in [0.05, 0.1) is 18.4 Å². The van der Waals surface area contributed by atoms with Crippen LogP contribution < -0.4 is 10.1 Å². The Bertz CT molecular complexity index is 529. The van der Waals surface area contributed by atoms with Crippen molar-refractivity contribution in [3.63, 3.8) is 0 Å². The van der Waals surface area contributed by atoms with Crippen LogP contribution in [-0.4, -0.2) is 23.6 Å². The summed E-state index contributed by atoms with van der Waals surface area (Å²) in [5, 5.41) is 12.1. The molecule has 1 aliphatic rings. The van der Waals surface area contributed by atoms with Crippen molar-refractivity contribution in [1.29, 1.82) is 0 Å². The number of benzene rings is 1. The van der Waals surface area contributed by atoms with Crippen molar-refractivity contribution in [2.24, 2.45) is 11.8 Å². The molecular formula is C17H23NO4. The van der Waals surface area contributed by atoms with Gasteiger partial charge in [-0.25, -0.2) is 0 Å². The van der Waals surface area contributed by atoms with E-state index in [2.05, 4.69) is 5.32 Å². The van der Waals surface area contributed by atoms with Gasteiger partial charge >= 0.3 is 5.97 Å². The number of hydrogen-bond acceptors (Lipinski definition) is 3. The molecular weight excluding hydrogens is 282 g/mol. The Morgan fingerprint density at radius 2 is 2.00 bits per heavy atom. The van der Waals surface area contributed by atoms with Crippen LogP contribution in [0.2, 0.25) is 0 Å². The maximum absolute atomic E-state index is 12.4. The molecule has 0 radical (unpaired) electrons. The number of carbonyl (C=O) groups is 2. The topological polar surface area (TPSA) is 75.6 Å². The molecule has 120 valence electrons. The number of ether oxygens (including phenoxy) is 1. The van der Waals surface area contributed by atoms with E-state index in [0.29, 0.717) is 30.9 Å². The van der Waals surface area contributed by atoms with Gasteiger partial charge in [-0.2, -0.15) is 0 Å². The number of aliphatic carboxylic acids is 1. The number of rotatable bonds is 6. The van der Waals surface area contributed by atoms with Crippen LogP contribution in [0.25, 0.3) is 0 Å². The molecule has 1 aliphatic carbocycles. The monoisotopic (exact) mass is 305 g/mol. The van der Waals surface area contributed by atoms with Gasteiger partial charge in [0.1, 0.15) is 5.75 Å². The third kappa shape index (κ3) is 4.23. The Hall–Kier alpha value is -2.04. The molecule has 5 nitrogen and oxygen atoms in total. The Morgan fingerprint density at radius 3 is 2.68 bits per heavy atom. The number of carbonyl (C=O) groups excluding carboxylic acids is 1. The standard InChI is InChI=1S/C17H23NO4/c1-2-10-22-13-7-5-6-12(11-13)18-16(19)14-8-3-4-9-15(14)17(20)21/h5-7,11,14-15H,2-4,8-10H2,1H3,(H,18,19)(H,20,21)/t14-,15+/m0/s1. The lowest BCUT2D eigenvalue weighted by Crippen LogP contribution is -2.36. The van der Waals surface area contributed by atoms with E-state index in [1.54, 1.807) is 12.1 Å². The molecule has 0 heterocycles. The minimum atomic E-state index is -0.875. The minimum Gasteiger partial charge on any atom is -0.494 e. The van der Waals surface area contributed by atoms with Crippen LogP contribution in [0.1, 0.15) is 39.0 Å². The second kappa shape index (κ2) is 7.82. The van der Waals surface area contributed by atoms with E-state index >= 15 is 0 Å². The molecule has 1 amide bonds. The van der Waals surface area contributed by atoms with E-state index in [1.807, 2.05) is 19.1 Å². The molecule has 2 atom stereocenters. The van der Waals surface area contributed by atoms with Crippen LogP contribution in [0.4, 0.5) is 5.69 Å². The Kier molecular flexibility index (Phi) is 5.81. The summed E-state index contributed by atoms with van der Waals surface area (Å²) in [5.74, 6) is -1.41. The highest BCUT2D eigenvalue weighted by Gasteiger charge is 2.35. The molecule has 1 fully saturated rings. The van der Waals surface area contributed by atoms with E-state index in [4.69, 9.17) is 4.74 Å². The number of amides is 1. The first-order chi connectivity index (χ1) is 10.6. The minimum absolute atomic E-state index is 0.209. The van der Waals surface area contributed by atoms with Crippen molar-refractivity contribution in [2.75, 3.05) is 11.9 Å².